The summed E-state index contributed by atoms with van der Waals surface area (Å²) < 4.78 is 5.07. The van der Waals surface area contributed by atoms with Crippen molar-refractivity contribution in [3.05, 3.63) is 23.7 Å². The minimum absolute atomic E-state index is 0.0175. The Balaban J connectivity index is 1.44. The molecule has 2 N–H and O–H groups in total. The molecule has 0 spiro atoms. The minimum Gasteiger partial charge on any atom is -0.478 e. The molecule has 0 radical (unpaired) electrons. The molecule has 3 fully saturated rings. The molecule has 1 amide bonds. The standard InChI is InChI=1S/C16H19NO4/c18-15(14-6-9(7-21-14)16(19)20)17-13-5-8-4-12(13)11-3-1-2-10(8)11/h6-8,10-13H,1-5H2,(H,17,18)(H,19,20). The molecule has 2 bridgehead atoms. The Kier molecular flexibility index (Phi) is 2.84. The maximum atomic E-state index is 12.2. The van der Waals surface area contributed by atoms with Crippen molar-refractivity contribution in [2.24, 2.45) is 23.7 Å². The highest BCUT2D eigenvalue weighted by molar-refractivity contribution is 5.95. The van der Waals surface area contributed by atoms with Gasteiger partial charge >= 0.3 is 5.97 Å². The average molecular weight is 289 g/mol. The third-order valence-corrected chi connectivity index (χ3v) is 5.82. The minimum atomic E-state index is -1.08. The number of carbonyl (C=O) groups is 2. The zero-order valence-corrected chi connectivity index (χ0v) is 11.7. The van der Waals surface area contributed by atoms with Crippen molar-refractivity contribution in [1.82, 2.24) is 5.32 Å². The molecule has 1 aromatic rings. The normalized spacial score (nSPS) is 36.7. The first-order valence-corrected chi connectivity index (χ1v) is 7.76. The number of hydrogen-bond donors (Lipinski definition) is 2. The molecule has 3 saturated carbocycles. The van der Waals surface area contributed by atoms with Crippen LogP contribution in [0.2, 0.25) is 0 Å². The molecular formula is C16H19NO4. The van der Waals surface area contributed by atoms with Gasteiger partial charge in [0.2, 0.25) is 0 Å². The Labute approximate surface area is 122 Å². The molecule has 1 aromatic heterocycles. The lowest BCUT2D eigenvalue weighted by molar-refractivity contribution is 0.0695. The molecule has 5 atom stereocenters. The van der Waals surface area contributed by atoms with E-state index in [-0.39, 0.29) is 23.3 Å². The van der Waals surface area contributed by atoms with Crippen LogP contribution in [0.25, 0.3) is 0 Å². The first-order valence-electron chi connectivity index (χ1n) is 7.76. The molecule has 3 aliphatic carbocycles. The van der Waals surface area contributed by atoms with Gasteiger partial charge < -0.3 is 14.8 Å². The topological polar surface area (TPSA) is 79.5 Å². The maximum absolute atomic E-state index is 12.2. The Bertz CT molecular complexity index is 593. The molecule has 5 nitrogen and oxygen atoms in total. The van der Waals surface area contributed by atoms with Crippen LogP contribution in [0, 0.1) is 23.7 Å². The SMILES string of the molecule is O=C(O)c1coc(C(=O)NC2CC3CC2C2CCCC32)c1. The molecule has 4 rings (SSSR count). The van der Waals surface area contributed by atoms with Gasteiger partial charge in [-0.15, -0.1) is 0 Å². The number of nitrogens with one attached hydrogen (secondary N) is 1. The number of hydrogen-bond acceptors (Lipinski definition) is 3. The van der Waals surface area contributed by atoms with E-state index in [0.29, 0.717) is 5.92 Å². The summed E-state index contributed by atoms with van der Waals surface area (Å²) in [7, 11) is 0. The third kappa shape index (κ3) is 1.98. The molecule has 5 unspecified atom stereocenters. The lowest BCUT2D eigenvalue weighted by Crippen LogP contribution is -2.42. The van der Waals surface area contributed by atoms with E-state index in [1.54, 1.807) is 0 Å². The summed E-state index contributed by atoms with van der Waals surface area (Å²) in [4.78, 5) is 23.0. The summed E-state index contributed by atoms with van der Waals surface area (Å²) in [5.41, 5.74) is 0.0175. The van der Waals surface area contributed by atoms with Crippen LogP contribution in [-0.2, 0) is 0 Å². The third-order valence-electron chi connectivity index (χ3n) is 5.82. The van der Waals surface area contributed by atoms with Crippen LogP contribution >= 0.6 is 0 Å². The summed E-state index contributed by atoms with van der Waals surface area (Å²) in [5, 5.41) is 11.9. The second-order valence-electron chi connectivity index (χ2n) is 6.74. The zero-order valence-electron chi connectivity index (χ0n) is 11.7. The van der Waals surface area contributed by atoms with E-state index < -0.39 is 5.97 Å². The Morgan fingerprint density at radius 1 is 1.19 bits per heavy atom. The zero-order chi connectivity index (χ0) is 14.6. The van der Waals surface area contributed by atoms with Crippen molar-refractivity contribution < 1.29 is 19.1 Å². The smallest absolute Gasteiger partial charge is 0.338 e. The highest BCUT2D eigenvalue weighted by Crippen LogP contribution is 2.58. The van der Waals surface area contributed by atoms with Crippen LogP contribution in [0.15, 0.2) is 16.7 Å². The fraction of sp³-hybridized carbons (Fsp3) is 0.625. The molecule has 3 aliphatic rings. The first-order chi connectivity index (χ1) is 10.1. The van der Waals surface area contributed by atoms with Gasteiger partial charge in [-0.25, -0.2) is 4.79 Å². The molecule has 0 saturated heterocycles. The van der Waals surface area contributed by atoms with Gasteiger partial charge in [-0.2, -0.15) is 0 Å². The second kappa shape index (κ2) is 4.61. The first kappa shape index (κ1) is 12.9. The van der Waals surface area contributed by atoms with E-state index in [1.165, 1.54) is 31.7 Å². The van der Waals surface area contributed by atoms with Crippen LogP contribution in [0.1, 0.15) is 53.0 Å². The maximum Gasteiger partial charge on any atom is 0.338 e. The highest BCUT2D eigenvalue weighted by atomic mass is 16.4. The van der Waals surface area contributed by atoms with E-state index in [4.69, 9.17) is 9.52 Å². The predicted octanol–water partition coefficient (Wildman–Crippen LogP) is 2.53. The van der Waals surface area contributed by atoms with Gasteiger partial charge in [0.15, 0.2) is 5.76 Å². The van der Waals surface area contributed by atoms with Gasteiger partial charge in [0, 0.05) is 12.1 Å². The lowest BCUT2D eigenvalue weighted by atomic mass is 9.79. The van der Waals surface area contributed by atoms with Crippen molar-refractivity contribution in [3.63, 3.8) is 0 Å². The van der Waals surface area contributed by atoms with Gasteiger partial charge in [-0.1, -0.05) is 6.42 Å². The van der Waals surface area contributed by atoms with E-state index in [9.17, 15) is 9.59 Å². The quantitative estimate of drug-likeness (QED) is 0.896. The summed E-state index contributed by atoms with van der Waals surface area (Å²) in [6, 6.07) is 1.53. The van der Waals surface area contributed by atoms with Crippen LogP contribution < -0.4 is 5.32 Å². The number of fused-ring (bicyclic) bond motifs is 5. The van der Waals surface area contributed by atoms with Gasteiger partial charge in [-0.05, 0) is 49.4 Å². The molecule has 112 valence electrons. The molecule has 0 aromatic carbocycles. The summed E-state index contributed by atoms with van der Waals surface area (Å²) >= 11 is 0. The predicted molar refractivity (Wildman–Crippen MR) is 74.0 cm³/mol. The number of carbonyl (C=O) groups excluding carboxylic acids is 1. The lowest BCUT2D eigenvalue weighted by Gasteiger charge is -2.31. The van der Waals surface area contributed by atoms with E-state index in [0.717, 1.165) is 30.4 Å². The van der Waals surface area contributed by atoms with Crippen molar-refractivity contribution in [1.29, 1.82) is 0 Å². The number of amides is 1. The van der Waals surface area contributed by atoms with Gasteiger partial charge in [0.1, 0.15) is 6.26 Å². The van der Waals surface area contributed by atoms with Crippen LogP contribution in [0.3, 0.4) is 0 Å². The monoisotopic (exact) mass is 289 g/mol. The van der Waals surface area contributed by atoms with Gasteiger partial charge in [0.05, 0.1) is 5.56 Å². The highest BCUT2D eigenvalue weighted by Gasteiger charge is 2.54. The van der Waals surface area contributed by atoms with E-state index >= 15 is 0 Å². The van der Waals surface area contributed by atoms with Crippen LogP contribution in [0.4, 0.5) is 0 Å². The second-order valence-corrected chi connectivity index (χ2v) is 6.74. The summed E-state index contributed by atoms with van der Waals surface area (Å²) in [6.07, 6.45) is 7.45. The number of carboxylic acid groups (broad SMARTS) is 1. The molecule has 21 heavy (non-hydrogen) atoms. The van der Waals surface area contributed by atoms with E-state index in [1.807, 2.05) is 0 Å². The van der Waals surface area contributed by atoms with Crippen LogP contribution in [0.5, 0.6) is 0 Å². The van der Waals surface area contributed by atoms with Crippen molar-refractivity contribution in [2.75, 3.05) is 0 Å². The van der Waals surface area contributed by atoms with E-state index in [2.05, 4.69) is 5.32 Å². The molecule has 0 aliphatic heterocycles. The Hall–Kier alpha value is -1.78. The number of carboxylic acids is 1. The van der Waals surface area contributed by atoms with Crippen molar-refractivity contribution in [3.8, 4) is 0 Å². The van der Waals surface area contributed by atoms with Gasteiger partial charge in [0.25, 0.3) is 5.91 Å². The van der Waals surface area contributed by atoms with Crippen LogP contribution in [-0.4, -0.2) is 23.0 Å². The van der Waals surface area contributed by atoms with Crippen molar-refractivity contribution >= 4 is 11.9 Å². The number of furan rings is 1. The Morgan fingerprint density at radius 3 is 2.76 bits per heavy atom. The number of rotatable bonds is 3. The van der Waals surface area contributed by atoms with Crippen molar-refractivity contribution in [2.45, 2.75) is 38.1 Å². The molecular weight excluding hydrogens is 270 g/mol. The number of aromatic carboxylic acids is 1. The summed E-state index contributed by atoms with van der Waals surface area (Å²) in [5.74, 6) is 1.81. The average Bonchev–Trinajstić information content (AvgIpc) is 3.20. The fourth-order valence-corrected chi connectivity index (χ4v) is 5.04. The largest absolute Gasteiger partial charge is 0.478 e. The Morgan fingerprint density at radius 2 is 2.00 bits per heavy atom. The van der Waals surface area contributed by atoms with Gasteiger partial charge in [-0.3, -0.25) is 4.79 Å². The fourth-order valence-electron chi connectivity index (χ4n) is 5.04. The molecule has 5 heteroatoms. The molecule has 1 heterocycles. The summed E-state index contributed by atoms with van der Waals surface area (Å²) in [6.45, 7) is 0.